The molecule has 126 valence electrons. The number of halogens is 1. The van der Waals surface area contributed by atoms with Crippen LogP contribution in [0.4, 0.5) is 0 Å². The van der Waals surface area contributed by atoms with E-state index in [9.17, 15) is 9.59 Å². The van der Waals surface area contributed by atoms with Crippen LogP contribution < -0.4 is 5.32 Å². The number of benzene rings is 1. The summed E-state index contributed by atoms with van der Waals surface area (Å²) < 4.78 is 4.98. The summed E-state index contributed by atoms with van der Waals surface area (Å²) >= 11 is 6.06. The maximum Gasteiger partial charge on any atom is 0.327 e. The average molecular weight is 339 g/mol. The Morgan fingerprint density at radius 3 is 2.91 bits per heavy atom. The first-order chi connectivity index (χ1) is 11.1. The van der Waals surface area contributed by atoms with Gasteiger partial charge in [0.05, 0.1) is 13.0 Å². The molecule has 6 heteroatoms. The summed E-state index contributed by atoms with van der Waals surface area (Å²) in [6.07, 6.45) is 1.71. The van der Waals surface area contributed by atoms with Gasteiger partial charge in [-0.2, -0.15) is 0 Å². The van der Waals surface area contributed by atoms with Gasteiger partial charge < -0.3 is 10.1 Å². The summed E-state index contributed by atoms with van der Waals surface area (Å²) in [5.74, 6) is -0.384. The number of nitrogens with one attached hydrogen (secondary N) is 1. The highest BCUT2D eigenvalue weighted by molar-refractivity contribution is 6.30. The third kappa shape index (κ3) is 4.45. The van der Waals surface area contributed by atoms with Crippen molar-refractivity contribution in [2.45, 2.75) is 25.8 Å². The first kappa shape index (κ1) is 17.8. The Morgan fingerprint density at radius 1 is 1.48 bits per heavy atom. The van der Waals surface area contributed by atoms with Crippen LogP contribution in [0.2, 0.25) is 5.02 Å². The van der Waals surface area contributed by atoms with E-state index in [4.69, 9.17) is 16.3 Å². The van der Waals surface area contributed by atoms with Gasteiger partial charge in [-0.25, -0.2) is 4.79 Å². The molecule has 0 spiro atoms. The molecule has 23 heavy (non-hydrogen) atoms. The van der Waals surface area contributed by atoms with Gasteiger partial charge in [-0.05, 0) is 44.0 Å². The lowest BCUT2D eigenvalue weighted by Gasteiger charge is -2.36. The summed E-state index contributed by atoms with van der Waals surface area (Å²) in [4.78, 5) is 26.5. The molecular weight excluding hydrogens is 316 g/mol. The van der Waals surface area contributed by atoms with Crippen molar-refractivity contribution in [1.29, 1.82) is 0 Å². The molecule has 1 aliphatic heterocycles. The first-order valence-electron chi connectivity index (χ1n) is 7.91. The molecule has 2 atom stereocenters. The second kappa shape index (κ2) is 8.31. The maximum absolute atomic E-state index is 12.3. The van der Waals surface area contributed by atoms with E-state index in [2.05, 4.69) is 5.32 Å². The van der Waals surface area contributed by atoms with Gasteiger partial charge in [0.25, 0.3) is 0 Å². The lowest BCUT2D eigenvalue weighted by atomic mass is 9.94. The Balaban J connectivity index is 2.22. The molecule has 5 nitrogen and oxygen atoms in total. The van der Waals surface area contributed by atoms with E-state index in [1.807, 2.05) is 24.0 Å². The van der Waals surface area contributed by atoms with Crippen molar-refractivity contribution in [2.75, 3.05) is 26.7 Å². The molecular formula is C17H23ClN2O3. The molecule has 0 aromatic heterocycles. The first-order valence-corrected chi connectivity index (χ1v) is 8.29. The van der Waals surface area contributed by atoms with Crippen LogP contribution in [0.25, 0.3) is 0 Å². The van der Waals surface area contributed by atoms with E-state index < -0.39 is 6.04 Å². The van der Waals surface area contributed by atoms with Gasteiger partial charge in [0.2, 0.25) is 5.91 Å². The monoisotopic (exact) mass is 338 g/mol. The zero-order chi connectivity index (χ0) is 16.8. The molecule has 0 aliphatic carbocycles. The van der Waals surface area contributed by atoms with Crippen molar-refractivity contribution < 1.29 is 14.3 Å². The van der Waals surface area contributed by atoms with Crippen LogP contribution in [0.1, 0.15) is 31.4 Å². The SMILES string of the molecule is CCNC(=O)[C@@H]1CCCN([C@@H](C(=O)OC)c2cccc(Cl)c2)C1. The molecule has 1 N–H and O–H groups in total. The number of piperidine rings is 1. The predicted molar refractivity (Wildman–Crippen MR) is 89.2 cm³/mol. The highest BCUT2D eigenvalue weighted by Crippen LogP contribution is 2.29. The van der Waals surface area contributed by atoms with Crippen LogP contribution in [0.3, 0.4) is 0 Å². The van der Waals surface area contributed by atoms with E-state index >= 15 is 0 Å². The lowest BCUT2D eigenvalue weighted by molar-refractivity contribution is -0.149. The molecule has 0 radical (unpaired) electrons. The number of ether oxygens (including phenoxy) is 1. The molecule has 0 unspecified atom stereocenters. The number of methoxy groups -OCH3 is 1. The molecule has 1 heterocycles. The lowest BCUT2D eigenvalue weighted by Crippen LogP contribution is -2.46. The van der Waals surface area contributed by atoms with Crippen molar-refractivity contribution in [2.24, 2.45) is 5.92 Å². The molecule has 1 amide bonds. The van der Waals surface area contributed by atoms with Gasteiger partial charge in [0.15, 0.2) is 0 Å². The Labute approximate surface area is 141 Å². The summed E-state index contributed by atoms with van der Waals surface area (Å²) in [6, 6.07) is 6.70. The number of carbonyl (C=O) groups is 2. The minimum absolute atomic E-state index is 0.0481. The van der Waals surface area contributed by atoms with E-state index in [0.29, 0.717) is 18.1 Å². The Bertz CT molecular complexity index is 565. The average Bonchev–Trinajstić information content (AvgIpc) is 2.55. The van der Waals surface area contributed by atoms with Crippen LogP contribution >= 0.6 is 11.6 Å². The molecule has 0 bridgehead atoms. The minimum Gasteiger partial charge on any atom is -0.468 e. The number of esters is 1. The highest BCUT2D eigenvalue weighted by Gasteiger charge is 2.34. The highest BCUT2D eigenvalue weighted by atomic mass is 35.5. The summed E-state index contributed by atoms with van der Waals surface area (Å²) in [5, 5.41) is 3.44. The molecule has 0 saturated carbocycles. The molecule has 1 aliphatic rings. The fraction of sp³-hybridized carbons (Fsp3) is 0.529. The van der Waals surface area contributed by atoms with E-state index in [1.165, 1.54) is 7.11 Å². The third-order valence-corrected chi connectivity index (χ3v) is 4.36. The molecule has 1 aromatic carbocycles. The molecule has 2 rings (SSSR count). The number of rotatable bonds is 5. The van der Waals surface area contributed by atoms with Crippen molar-refractivity contribution in [1.82, 2.24) is 10.2 Å². The molecule has 1 saturated heterocycles. The quantitative estimate of drug-likeness (QED) is 0.838. The topological polar surface area (TPSA) is 58.6 Å². The number of nitrogens with zero attached hydrogens (tertiary/aromatic N) is 1. The van der Waals surface area contributed by atoms with Crippen molar-refractivity contribution in [3.63, 3.8) is 0 Å². The number of hydrogen-bond donors (Lipinski definition) is 1. The summed E-state index contributed by atoms with van der Waals surface area (Å²) in [7, 11) is 1.38. The number of likely N-dealkylation sites (tertiary alicyclic amines) is 1. The molecule has 1 fully saturated rings. The van der Waals surface area contributed by atoms with Crippen molar-refractivity contribution in [3.05, 3.63) is 34.9 Å². The van der Waals surface area contributed by atoms with Crippen molar-refractivity contribution in [3.8, 4) is 0 Å². The number of hydrogen-bond acceptors (Lipinski definition) is 4. The summed E-state index contributed by atoms with van der Waals surface area (Å²) in [6.45, 7) is 3.81. The van der Waals surface area contributed by atoms with Crippen LogP contribution in [0, 0.1) is 5.92 Å². The number of carbonyl (C=O) groups excluding carboxylic acids is 2. The largest absolute Gasteiger partial charge is 0.468 e. The van der Waals surface area contributed by atoms with Gasteiger partial charge in [-0.3, -0.25) is 9.69 Å². The zero-order valence-electron chi connectivity index (χ0n) is 13.5. The minimum atomic E-state index is -0.532. The fourth-order valence-corrected chi connectivity index (χ4v) is 3.26. The number of amides is 1. The van der Waals surface area contributed by atoms with E-state index in [1.54, 1.807) is 12.1 Å². The van der Waals surface area contributed by atoms with Crippen LogP contribution in [-0.2, 0) is 14.3 Å². The van der Waals surface area contributed by atoms with Crippen LogP contribution in [-0.4, -0.2) is 43.5 Å². The van der Waals surface area contributed by atoms with Crippen molar-refractivity contribution >= 4 is 23.5 Å². The van der Waals surface area contributed by atoms with E-state index in [0.717, 1.165) is 24.9 Å². The normalized spacial score (nSPS) is 19.9. The van der Waals surface area contributed by atoms with Crippen LogP contribution in [0.15, 0.2) is 24.3 Å². The van der Waals surface area contributed by atoms with Gasteiger partial charge in [-0.15, -0.1) is 0 Å². The second-order valence-electron chi connectivity index (χ2n) is 5.71. The standard InChI is InChI=1S/C17H23ClN2O3/c1-3-19-16(21)13-7-5-9-20(11-13)15(17(22)23-2)12-6-4-8-14(18)10-12/h4,6,8,10,13,15H,3,5,7,9,11H2,1-2H3,(H,19,21)/t13-,15-/m1/s1. The Morgan fingerprint density at radius 2 is 2.26 bits per heavy atom. The van der Waals surface area contributed by atoms with E-state index in [-0.39, 0.29) is 17.8 Å². The third-order valence-electron chi connectivity index (χ3n) is 4.13. The molecule has 1 aromatic rings. The second-order valence-corrected chi connectivity index (χ2v) is 6.15. The van der Waals surface area contributed by atoms with Gasteiger partial charge in [0, 0.05) is 18.1 Å². The van der Waals surface area contributed by atoms with Crippen LogP contribution in [0.5, 0.6) is 0 Å². The van der Waals surface area contributed by atoms with Gasteiger partial charge >= 0.3 is 5.97 Å². The zero-order valence-corrected chi connectivity index (χ0v) is 14.3. The summed E-state index contributed by atoms with van der Waals surface area (Å²) in [5.41, 5.74) is 0.792. The predicted octanol–water partition coefficient (Wildman–Crippen LogP) is 2.40. The Hall–Kier alpha value is -1.59. The van der Waals surface area contributed by atoms with Gasteiger partial charge in [0.1, 0.15) is 6.04 Å². The maximum atomic E-state index is 12.3. The van der Waals surface area contributed by atoms with Gasteiger partial charge in [-0.1, -0.05) is 23.7 Å². The fourth-order valence-electron chi connectivity index (χ4n) is 3.06. The smallest absolute Gasteiger partial charge is 0.327 e. The Kier molecular flexibility index (Phi) is 6.42.